The number of carbonyl (C=O) groups excluding carboxylic acids is 2. The molecule has 288 valence electrons. The topological polar surface area (TPSA) is 52.6 Å². The van der Waals surface area contributed by atoms with E-state index in [1.54, 1.807) is 46.9 Å². The van der Waals surface area contributed by atoms with Gasteiger partial charge in [0.05, 0.1) is 29.4 Å². The Morgan fingerprint density at radius 1 is 0.714 bits per heavy atom. The van der Waals surface area contributed by atoms with Crippen molar-refractivity contribution in [3.05, 3.63) is 151 Å². The molecule has 0 saturated carbocycles. The van der Waals surface area contributed by atoms with Gasteiger partial charge in [0.1, 0.15) is 5.82 Å². The highest BCUT2D eigenvalue weighted by atomic mass is 79.9. The largest absolute Gasteiger partial charge is 0.462 e. The third-order valence-corrected chi connectivity index (χ3v) is 13.6. The van der Waals surface area contributed by atoms with E-state index in [2.05, 4.69) is 67.0 Å². The van der Waals surface area contributed by atoms with Crippen molar-refractivity contribution in [1.82, 2.24) is 0 Å². The lowest BCUT2D eigenvalue weighted by molar-refractivity contribution is 0.0517. The van der Waals surface area contributed by atoms with Gasteiger partial charge in [-0.15, -0.1) is 22.7 Å². The molecule has 0 spiro atoms. The van der Waals surface area contributed by atoms with E-state index in [1.807, 2.05) is 50.2 Å². The van der Waals surface area contributed by atoms with Crippen molar-refractivity contribution in [2.75, 3.05) is 13.2 Å². The molecule has 0 aliphatic carbocycles. The number of hydrogen-bond acceptors (Lipinski definition) is 6. The molecule has 7 rings (SSSR count). The maximum Gasteiger partial charge on any atom is 0.338 e. The standard InChI is InChI=1S/C28H26ClFO2S.C19H17BrO2S/c1-4-18-11-12-22(19-8-7-9-20(16-19)28(31)32-6-3)27-26(18)21(5-2)25(33-27)15-17-10-13-24(30)23(29)14-17;1-3-22-19(21)14-7-4-6-13(10-14)16-9-5-8-15-12(2)17(11-20)23-18(15)16/h7-14,16H,4-6,15H2,1-3H3;4-10H,3,11H2,1-2H3. The van der Waals surface area contributed by atoms with E-state index >= 15 is 0 Å². The van der Waals surface area contributed by atoms with Gasteiger partial charge in [0.15, 0.2) is 0 Å². The van der Waals surface area contributed by atoms with E-state index in [0.717, 1.165) is 46.0 Å². The molecule has 0 N–H and O–H groups in total. The molecule has 0 aliphatic heterocycles. The number of carbonyl (C=O) groups is 2. The molecule has 0 aliphatic rings. The minimum atomic E-state index is -0.399. The van der Waals surface area contributed by atoms with Crippen LogP contribution < -0.4 is 0 Å². The average molecular weight is 870 g/mol. The summed E-state index contributed by atoms with van der Waals surface area (Å²) in [5.74, 6) is -0.982. The summed E-state index contributed by atoms with van der Waals surface area (Å²) in [6.45, 7) is 10.9. The number of aryl methyl sites for hydroxylation is 3. The second kappa shape index (κ2) is 18.7. The second-order valence-electron chi connectivity index (χ2n) is 13.2. The van der Waals surface area contributed by atoms with E-state index in [4.69, 9.17) is 21.1 Å². The van der Waals surface area contributed by atoms with Crippen LogP contribution in [0.1, 0.15) is 80.4 Å². The Kier molecular flexibility index (Phi) is 13.8. The first-order valence-corrected chi connectivity index (χ1v) is 21.9. The van der Waals surface area contributed by atoms with Crippen LogP contribution in [-0.2, 0) is 34.1 Å². The Bertz CT molecular complexity index is 2540. The third kappa shape index (κ3) is 8.79. The van der Waals surface area contributed by atoms with Crippen LogP contribution in [-0.4, -0.2) is 25.2 Å². The second-order valence-corrected chi connectivity index (χ2v) is 16.4. The molecule has 0 saturated heterocycles. The smallest absolute Gasteiger partial charge is 0.338 e. The SMILES string of the molecule is CCOC(=O)c1cccc(-c2ccc(CC)c3c(CC)c(Cc4ccc(F)c(Cl)c4)sc23)c1.CCOC(=O)c1cccc(-c2cccc3c(C)c(CBr)sc23)c1. The minimum Gasteiger partial charge on any atom is -0.462 e. The van der Waals surface area contributed by atoms with E-state index in [9.17, 15) is 14.0 Å². The average Bonchev–Trinajstić information content (AvgIpc) is 3.75. The summed E-state index contributed by atoms with van der Waals surface area (Å²) in [5, 5.41) is 3.59. The van der Waals surface area contributed by atoms with Crippen molar-refractivity contribution < 1.29 is 23.5 Å². The van der Waals surface area contributed by atoms with Gasteiger partial charge in [-0.2, -0.15) is 0 Å². The number of esters is 2. The highest BCUT2D eigenvalue weighted by Gasteiger charge is 2.19. The third-order valence-electron chi connectivity index (χ3n) is 9.74. The number of hydrogen-bond donors (Lipinski definition) is 0. The first-order chi connectivity index (χ1) is 27.1. The van der Waals surface area contributed by atoms with Gasteiger partial charge in [0, 0.05) is 30.9 Å². The highest BCUT2D eigenvalue weighted by molar-refractivity contribution is 9.08. The molecule has 5 aromatic carbocycles. The van der Waals surface area contributed by atoms with Gasteiger partial charge < -0.3 is 9.47 Å². The maximum absolute atomic E-state index is 13.7. The summed E-state index contributed by atoms with van der Waals surface area (Å²) < 4.78 is 26.4. The lowest BCUT2D eigenvalue weighted by Crippen LogP contribution is -2.04. The first-order valence-electron chi connectivity index (χ1n) is 18.7. The van der Waals surface area contributed by atoms with Crippen molar-refractivity contribution >= 4 is 82.3 Å². The summed E-state index contributed by atoms with van der Waals surface area (Å²) in [6.07, 6.45) is 2.54. The Balaban J connectivity index is 0.000000202. The number of alkyl halides is 1. The zero-order valence-electron chi connectivity index (χ0n) is 32.1. The molecule has 0 unspecified atom stereocenters. The summed E-state index contributed by atoms with van der Waals surface area (Å²) in [7, 11) is 0. The maximum atomic E-state index is 13.7. The van der Waals surface area contributed by atoms with Crippen molar-refractivity contribution in [1.29, 1.82) is 0 Å². The normalized spacial score (nSPS) is 11.1. The molecule has 0 fully saturated rings. The molecular formula is C47H43BrClFO4S2. The van der Waals surface area contributed by atoms with Crippen LogP contribution in [0.25, 0.3) is 42.4 Å². The minimum absolute atomic E-state index is 0.150. The molecule has 7 aromatic rings. The number of rotatable bonds is 11. The number of ether oxygens (including phenoxy) is 2. The number of halogens is 3. The fourth-order valence-electron chi connectivity index (χ4n) is 6.96. The zero-order valence-corrected chi connectivity index (χ0v) is 36.0. The monoisotopic (exact) mass is 868 g/mol. The van der Waals surface area contributed by atoms with Gasteiger partial charge in [-0.05, 0) is 125 Å². The molecule has 2 aromatic heterocycles. The first kappa shape index (κ1) is 41.3. The van der Waals surface area contributed by atoms with Gasteiger partial charge in [0.2, 0.25) is 0 Å². The van der Waals surface area contributed by atoms with Gasteiger partial charge in [-0.3, -0.25) is 0 Å². The fourth-order valence-corrected chi connectivity index (χ4v) is 10.6. The van der Waals surface area contributed by atoms with Crippen LogP contribution in [0, 0.1) is 12.7 Å². The van der Waals surface area contributed by atoms with Crippen molar-refractivity contribution in [3.63, 3.8) is 0 Å². The zero-order chi connectivity index (χ0) is 39.9. The van der Waals surface area contributed by atoms with Gasteiger partial charge >= 0.3 is 11.9 Å². The quantitative estimate of drug-likeness (QED) is 0.0960. The highest BCUT2D eigenvalue weighted by Crippen LogP contribution is 2.42. The summed E-state index contributed by atoms with van der Waals surface area (Å²) in [6, 6.07) is 30.9. The van der Waals surface area contributed by atoms with Crippen molar-refractivity contribution in [2.24, 2.45) is 0 Å². The number of benzene rings is 5. The van der Waals surface area contributed by atoms with Crippen LogP contribution in [0.4, 0.5) is 4.39 Å². The van der Waals surface area contributed by atoms with Gasteiger partial charge in [0.25, 0.3) is 0 Å². The van der Waals surface area contributed by atoms with Crippen LogP contribution in [0.5, 0.6) is 0 Å². The van der Waals surface area contributed by atoms with Crippen molar-refractivity contribution in [3.8, 4) is 22.3 Å². The van der Waals surface area contributed by atoms with Crippen molar-refractivity contribution in [2.45, 2.75) is 59.2 Å². The Morgan fingerprint density at radius 3 is 1.89 bits per heavy atom. The predicted octanol–water partition coefficient (Wildman–Crippen LogP) is 14.2. The number of thiophene rings is 2. The summed E-state index contributed by atoms with van der Waals surface area (Å²) >= 11 is 13.2. The molecule has 9 heteroatoms. The molecule has 0 bridgehead atoms. The molecule has 2 heterocycles. The lowest BCUT2D eigenvalue weighted by atomic mass is 9.94. The molecular weight excluding hydrogens is 827 g/mol. The summed E-state index contributed by atoms with van der Waals surface area (Å²) in [4.78, 5) is 26.9. The summed E-state index contributed by atoms with van der Waals surface area (Å²) in [5.41, 5.74) is 10.4. The molecule has 56 heavy (non-hydrogen) atoms. The predicted molar refractivity (Wildman–Crippen MR) is 237 cm³/mol. The van der Waals surface area contributed by atoms with Gasteiger partial charge in [-0.25, -0.2) is 14.0 Å². The Morgan fingerprint density at radius 2 is 1.32 bits per heavy atom. The van der Waals surface area contributed by atoms with E-state index in [0.29, 0.717) is 30.8 Å². The van der Waals surface area contributed by atoms with Crippen LogP contribution in [0.15, 0.2) is 97.1 Å². The van der Waals surface area contributed by atoms with Crippen LogP contribution in [0.3, 0.4) is 0 Å². The van der Waals surface area contributed by atoms with E-state index in [1.165, 1.54) is 52.7 Å². The fraction of sp³-hybridized carbons (Fsp3) is 0.234. The molecule has 4 nitrogen and oxygen atoms in total. The Hall–Kier alpha value is -4.34. The van der Waals surface area contributed by atoms with Crippen LogP contribution >= 0.6 is 50.2 Å². The van der Waals surface area contributed by atoms with E-state index < -0.39 is 5.82 Å². The van der Waals surface area contributed by atoms with Gasteiger partial charge in [-0.1, -0.05) is 102 Å². The lowest BCUT2D eigenvalue weighted by Gasteiger charge is -2.10. The Labute approximate surface area is 349 Å². The molecule has 0 atom stereocenters. The molecule has 0 amide bonds. The van der Waals surface area contributed by atoms with Crippen LogP contribution in [0.2, 0.25) is 5.02 Å². The number of fused-ring (bicyclic) bond motifs is 2. The van der Waals surface area contributed by atoms with E-state index in [-0.39, 0.29) is 17.0 Å². The molecule has 0 radical (unpaired) electrons.